The van der Waals surface area contributed by atoms with Crippen molar-refractivity contribution >= 4 is 11.5 Å². The van der Waals surface area contributed by atoms with Crippen molar-refractivity contribution in [3.8, 4) is 0 Å². The number of benzene rings is 2. The maximum atomic E-state index is 13.7. The lowest BCUT2D eigenvalue weighted by atomic mass is 9.97. The first-order chi connectivity index (χ1) is 16.9. The van der Waals surface area contributed by atoms with Gasteiger partial charge < -0.3 is 10.2 Å². The SMILES string of the molecule is C.O=C1CCc2cccc(CCc3nc(Cc4ccc(N5CCNCC5)cc4)ncc3C(F)(F)F)c21. The Balaban J connectivity index is 0.00000304. The third-order valence-corrected chi connectivity index (χ3v) is 6.77. The van der Waals surface area contributed by atoms with Crippen LogP contribution >= 0.6 is 0 Å². The van der Waals surface area contributed by atoms with Gasteiger partial charge in [0.1, 0.15) is 5.82 Å². The van der Waals surface area contributed by atoms with E-state index in [4.69, 9.17) is 0 Å². The topological polar surface area (TPSA) is 58.1 Å². The molecule has 1 aliphatic heterocycles. The third kappa shape index (κ3) is 5.59. The van der Waals surface area contributed by atoms with Gasteiger partial charge in [-0.1, -0.05) is 37.8 Å². The minimum absolute atomic E-state index is 0. The number of aryl methyl sites for hydroxylation is 3. The number of carbonyl (C=O) groups is 1. The Morgan fingerprint density at radius 1 is 0.972 bits per heavy atom. The molecule has 190 valence electrons. The number of nitrogens with one attached hydrogen (secondary N) is 1. The number of fused-ring (bicyclic) bond motifs is 1. The van der Waals surface area contributed by atoms with Crippen LogP contribution < -0.4 is 10.2 Å². The van der Waals surface area contributed by atoms with Gasteiger partial charge >= 0.3 is 6.18 Å². The average molecular weight is 497 g/mol. The summed E-state index contributed by atoms with van der Waals surface area (Å²) in [5.41, 5.74) is 3.70. The normalized spacial score (nSPS) is 15.5. The Bertz CT molecular complexity index is 1220. The molecule has 5 nitrogen and oxygen atoms in total. The van der Waals surface area contributed by atoms with E-state index in [2.05, 4.69) is 20.2 Å². The van der Waals surface area contributed by atoms with Gasteiger partial charge in [-0.3, -0.25) is 4.79 Å². The lowest BCUT2D eigenvalue weighted by Gasteiger charge is -2.29. The number of hydrogen-bond acceptors (Lipinski definition) is 5. The minimum Gasteiger partial charge on any atom is -0.369 e. The second kappa shape index (κ2) is 10.8. The number of alkyl halides is 3. The maximum absolute atomic E-state index is 13.7. The number of halogens is 3. The fourth-order valence-electron chi connectivity index (χ4n) is 4.96. The number of anilines is 1. The van der Waals surface area contributed by atoms with Crippen molar-refractivity contribution in [1.29, 1.82) is 0 Å². The van der Waals surface area contributed by atoms with E-state index in [1.54, 1.807) is 0 Å². The summed E-state index contributed by atoms with van der Waals surface area (Å²) in [5, 5.41) is 3.33. The molecule has 0 atom stereocenters. The summed E-state index contributed by atoms with van der Waals surface area (Å²) in [6, 6.07) is 13.7. The second-order valence-corrected chi connectivity index (χ2v) is 9.10. The highest BCUT2D eigenvalue weighted by Gasteiger charge is 2.35. The monoisotopic (exact) mass is 496 g/mol. The van der Waals surface area contributed by atoms with Gasteiger partial charge in [-0.15, -0.1) is 0 Å². The van der Waals surface area contributed by atoms with Gasteiger partial charge in [0.05, 0.1) is 11.3 Å². The van der Waals surface area contributed by atoms with Crippen LogP contribution in [0.15, 0.2) is 48.7 Å². The number of rotatable bonds is 6. The Morgan fingerprint density at radius 3 is 2.44 bits per heavy atom. The number of hydrogen-bond donors (Lipinski definition) is 1. The summed E-state index contributed by atoms with van der Waals surface area (Å²) >= 11 is 0. The summed E-state index contributed by atoms with van der Waals surface area (Å²) in [4.78, 5) is 23.0. The van der Waals surface area contributed by atoms with E-state index >= 15 is 0 Å². The summed E-state index contributed by atoms with van der Waals surface area (Å²) in [5.74, 6) is 0.427. The highest BCUT2D eigenvalue weighted by atomic mass is 19.4. The van der Waals surface area contributed by atoms with E-state index in [0.717, 1.165) is 54.8 Å². The molecule has 2 aliphatic rings. The van der Waals surface area contributed by atoms with Crippen LogP contribution in [0.5, 0.6) is 0 Å². The van der Waals surface area contributed by atoms with Gasteiger partial charge in [0.2, 0.25) is 0 Å². The van der Waals surface area contributed by atoms with Gasteiger partial charge in [-0.25, -0.2) is 9.97 Å². The Kier molecular flexibility index (Phi) is 7.73. The summed E-state index contributed by atoms with van der Waals surface area (Å²) < 4.78 is 41.1. The number of aromatic nitrogens is 2. The van der Waals surface area contributed by atoms with Crippen LogP contribution in [0.4, 0.5) is 18.9 Å². The predicted octanol–water partition coefficient (Wildman–Crippen LogP) is 5.05. The molecule has 0 unspecified atom stereocenters. The van der Waals surface area contributed by atoms with Gasteiger partial charge in [-0.05, 0) is 48.1 Å². The average Bonchev–Trinajstić information content (AvgIpc) is 3.24. The Morgan fingerprint density at radius 2 is 1.72 bits per heavy atom. The first-order valence-corrected chi connectivity index (χ1v) is 12.0. The van der Waals surface area contributed by atoms with E-state index < -0.39 is 11.7 Å². The Hall–Kier alpha value is -3.26. The molecular formula is C28H31F3N4O. The number of nitrogens with zero attached hydrogens (tertiary/aromatic N) is 3. The standard InChI is InChI=1S/C27H27F3N4O.CH4/c28-27(29,30)22-17-32-25(16-18-4-8-21(9-5-18)34-14-12-31-13-15-34)33-23(22)10-6-19-2-1-3-20-7-11-24(35)26(19)20;/h1-5,8-9,17,31H,6-7,10-16H2;1H4. The zero-order valence-electron chi connectivity index (χ0n) is 19.4. The van der Waals surface area contributed by atoms with Crippen molar-refractivity contribution in [1.82, 2.24) is 15.3 Å². The molecule has 0 radical (unpaired) electrons. The maximum Gasteiger partial charge on any atom is 0.419 e. The van der Waals surface area contributed by atoms with Crippen molar-refractivity contribution in [2.24, 2.45) is 0 Å². The second-order valence-electron chi connectivity index (χ2n) is 9.10. The van der Waals surface area contributed by atoms with Gasteiger partial charge in [0, 0.05) is 56.5 Å². The Labute approximate surface area is 209 Å². The van der Waals surface area contributed by atoms with Crippen LogP contribution in [-0.4, -0.2) is 41.9 Å². The molecule has 1 aromatic heterocycles. The van der Waals surface area contributed by atoms with Gasteiger partial charge in [0.15, 0.2) is 5.78 Å². The van der Waals surface area contributed by atoms with Crippen LogP contribution in [0.1, 0.15) is 58.0 Å². The van der Waals surface area contributed by atoms with E-state index in [-0.39, 0.29) is 25.3 Å². The van der Waals surface area contributed by atoms with Gasteiger partial charge in [0.25, 0.3) is 0 Å². The highest BCUT2D eigenvalue weighted by Crippen LogP contribution is 2.32. The van der Waals surface area contributed by atoms with Crippen molar-refractivity contribution in [3.63, 3.8) is 0 Å². The number of ketones is 1. The van der Waals surface area contributed by atoms with Crippen molar-refractivity contribution in [2.75, 3.05) is 31.1 Å². The summed E-state index contributed by atoms with van der Waals surface area (Å²) in [6.07, 6.45) is -1.71. The van der Waals surface area contributed by atoms with E-state index in [9.17, 15) is 18.0 Å². The van der Waals surface area contributed by atoms with Crippen LogP contribution in [0.3, 0.4) is 0 Å². The molecular weight excluding hydrogens is 465 g/mol. The first kappa shape index (κ1) is 25.8. The van der Waals surface area contributed by atoms with Crippen LogP contribution in [0, 0.1) is 0 Å². The molecule has 0 spiro atoms. The molecule has 36 heavy (non-hydrogen) atoms. The molecule has 1 N–H and O–H groups in total. The third-order valence-electron chi connectivity index (χ3n) is 6.77. The van der Waals surface area contributed by atoms with E-state index in [1.165, 1.54) is 0 Å². The zero-order chi connectivity index (χ0) is 24.4. The number of carbonyl (C=O) groups excluding carboxylic acids is 1. The molecule has 1 fully saturated rings. The quantitative estimate of drug-likeness (QED) is 0.518. The lowest BCUT2D eigenvalue weighted by molar-refractivity contribution is -0.138. The summed E-state index contributed by atoms with van der Waals surface area (Å²) in [6.45, 7) is 3.79. The van der Waals surface area contributed by atoms with Crippen molar-refractivity contribution < 1.29 is 18.0 Å². The van der Waals surface area contributed by atoms with Crippen LogP contribution in [0.2, 0.25) is 0 Å². The van der Waals surface area contributed by atoms with Crippen molar-refractivity contribution in [3.05, 3.63) is 88.0 Å². The number of Topliss-reactive ketones (excluding diaryl/α,β-unsaturated/α-hetero) is 1. The van der Waals surface area contributed by atoms with E-state index in [0.29, 0.717) is 37.1 Å². The molecule has 8 heteroatoms. The van der Waals surface area contributed by atoms with Crippen LogP contribution in [0.25, 0.3) is 0 Å². The van der Waals surface area contributed by atoms with Crippen LogP contribution in [-0.2, 0) is 31.9 Å². The van der Waals surface area contributed by atoms with Gasteiger partial charge in [-0.2, -0.15) is 13.2 Å². The molecule has 3 aromatic rings. The zero-order valence-corrected chi connectivity index (χ0v) is 19.4. The minimum atomic E-state index is -4.53. The molecule has 0 saturated carbocycles. The molecule has 0 amide bonds. The first-order valence-electron chi connectivity index (χ1n) is 12.0. The fraction of sp³-hybridized carbons (Fsp3) is 0.393. The molecule has 1 aliphatic carbocycles. The number of piperazine rings is 1. The molecule has 5 rings (SSSR count). The predicted molar refractivity (Wildman–Crippen MR) is 135 cm³/mol. The molecule has 1 saturated heterocycles. The molecule has 2 heterocycles. The molecule has 2 aromatic carbocycles. The highest BCUT2D eigenvalue weighted by molar-refractivity contribution is 6.01. The molecule has 0 bridgehead atoms. The fourth-order valence-corrected chi connectivity index (χ4v) is 4.96. The largest absolute Gasteiger partial charge is 0.419 e. The summed E-state index contributed by atoms with van der Waals surface area (Å²) in [7, 11) is 0. The van der Waals surface area contributed by atoms with Crippen molar-refractivity contribution in [2.45, 2.75) is 45.7 Å². The smallest absolute Gasteiger partial charge is 0.369 e. The lowest BCUT2D eigenvalue weighted by Crippen LogP contribution is -2.43. The van der Waals surface area contributed by atoms with E-state index in [1.807, 2.05) is 42.5 Å².